The van der Waals surface area contributed by atoms with E-state index in [0.717, 1.165) is 52.5 Å². The van der Waals surface area contributed by atoms with Crippen LogP contribution in [0.2, 0.25) is 0 Å². The molecule has 0 atom stereocenters. The van der Waals surface area contributed by atoms with Crippen molar-refractivity contribution in [2.24, 2.45) is 4.99 Å². The Labute approximate surface area is 201 Å². The summed E-state index contributed by atoms with van der Waals surface area (Å²) in [6, 6.07) is 12.5. The van der Waals surface area contributed by atoms with E-state index in [4.69, 9.17) is 0 Å². The number of rotatable bonds is 3. The van der Waals surface area contributed by atoms with E-state index in [0.29, 0.717) is 10.1 Å². The summed E-state index contributed by atoms with van der Waals surface area (Å²) in [4.78, 5) is 19.1. The molecule has 1 aliphatic heterocycles. The fraction of sp³-hybridized carbons (Fsp3) is 0.269. The average molecular weight is 473 g/mol. The van der Waals surface area contributed by atoms with Gasteiger partial charge in [0.25, 0.3) is 5.91 Å². The van der Waals surface area contributed by atoms with E-state index < -0.39 is 0 Å². The molecule has 0 saturated carbocycles. The number of fused-ring (bicyclic) bond motifs is 1. The maximum Gasteiger partial charge on any atom is 0.264 e. The molecule has 0 unspecified atom stereocenters. The molecule has 0 bridgehead atoms. The van der Waals surface area contributed by atoms with Gasteiger partial charge in [0.15, 0.2) is 5.17 Å². The average Bonchev–Trinajstić information content (AvgIpc) is 3.42. The number of amidine groups is 1. The first-order chi connectivity index (χ1) is 15.9. The molecular formula is C26H24N4OS2. The van der Waals surface area contributed by atoms with Crippen LogP contribution in [0.25, 0.3) is 11.1 Å². The molecular weight excluding hydrogens is 448 g/mol. The number of carbonyl (C=O) groups is 1. The van der Waals surface area contributed by atoms with Crippen LogP contribution in [0.5, 0.6) is 0 Å². The van der Waals surface area contributed by atoms with Crippen molar-refractivity contribution < 1.29 is 4.79 Å². The van der Waals surface area contributed by atoms with Crippen LogP contribution < -0.4 is 5.32 Å². The highest BCUT2D eigenvalue weighted by atomic mass is 32.2. The number of nitrogens with zero attached hydrogens (tertiary/aromatic N) is 3. The number of nitrogens with one attached hydrogen (secondary N) is 1. The van der Waals surface area contributed by atoms with Crippen LogP contribution in [-0.4, -0.2) is 15.6 Å². The fourth-order valence-electron chi connectivity index (χ4n) is 4.43. The third-order valence-corrected chi connectivity index (χ3v) is 8.33. The Morgan fingerprint density at radius 1 is 1.15 bits per heavy atom. The highest BCUT2D eigenvalue weighted by Gasteiger charge is 2.26. The summed E-state index contributed by atoms with van der Waals surface area (Å²) in [6.07, 6.45) is 6.32. The van der Waals surface area contributed by atoms with Gasteiger partial charge in [0.2, 0.25) is 0 Å². The zero-order chi connectivity index (χ0) is 23.1. The zero-order valence-electron chi connectivity index (χ0n) is 18.9. The van der Waals surface area contributed by atoms with Gasteiger partial charge < -0.3 is 9.88 Å². The number of benzene rings is 1. The molecule has 0 radical (unpaired) electrons. The van der Waals surface area contributed by atoms with Crippen molar-refractivity contribution in [3.05, 3.63) is 73.8 Å². The molecule has 7 heteroatoms. The molecule has 1 aliphatic carbocycles. The van der Waals surface area contributed by atoms with Gasteiger partial charge in [0.05, 0.1) is 16.2 Å². The van der Waals surface area contributed by atoms with Gasteiger partial charge in [-0.15, -0.1) is 11.3 Å². The lowest BCUT2D eigenvalue weighted by Crippen LogP contribution is -2.19. The summed E-state index contributed by atoms with van der Waals surface area (Å²) >= 11 is 3.10. The van der Waals surface area contributed by atoms with Gasteiger partial charge in [-0.2, -0.15) is 5.26 Å². The number of aliphatic imine (C=N–C) groups is 1. The van der Waals surface area contributed by atoms with Crippen molar-refractivity contribution in [3.63, 3.8) is 0 Å². The summed E-state index contributed by atoms with van der Waals surface area (Å²) in [6.45, 7) is 6.14. The van der Waals surface area contributed by atoms with Gasteiger partial charge >= 0.3 is 0 Å². The number of aromatic nitrogens is 1. The number of thioether (sulfide) groups is 1. The first-order valence-electron chi connectivity index (χ1n) is 11.0. The fourth-order valence-corrected chi connectivity index (χ4v) is 6.71. The monoisotopic (exact) mass is 472 g/mol. The number of amides is 1. The summed E-state index contributed by atoms with van der Waals surface area (Å²) in [5.41, 5.74) is 7.11. The second-order valence-corrected chi connectivity index (χ2v) is 10.6. The molecule has 2 aromatic heterocycles. The van der Waals surface area contributed by atoms with E-state index in [9.17, 15) is 10.1 Å². The summed E-state index contributed by atoms with van der Waals surface area (Å²) < 4.78 is 2.17. The highest BCUT2D eigenvalue weighted by Crippen LogP contribution is 2.39. The Balaban J connectivity index is 1.48. The molecule has 1 N–H and O–H groups in total. The van der Waals surface area contributed by atoms with Crippen LogP contribution in [0, 0.1) is 32.1 Å². The minimum Gasteiger partial charge on any atom is -0.308 e. The minimum absolute atomic E-state index is 0.139. The molecule has 1 aromatic carbocycles. The van der Waals surface area contributed by atoms with Gasteiger partial charge in [-0.3, -0.25) is 4.79 Å². The summed E-state index contributed by atoms with van der Waals surface area (Å²) in [7, 11) is 0. The van der Waals surface area contributed by atoms with Crippen LogP contribution in [-0.2, 0) is 17.6 Å². The summed E-state index contributed by atoms with van der Waals surface area (Å²) in [5.74, 6) is -0.139. The molecule has 1 amide bonds. The standard InChI is InChI=1S/C26H24N4OS2/c1-15-8-10-19(11-9-15)28-26-29-24(31)23(33-26)13-18-12-16(2)30(17(18)3)25-21(14-27)20-6-4-5-7-22(20)32-25/h8-13H,4-7H2,1-3H3,(H,28,29,31)/b23-13-. The predicted octanol–water partition coefficient (Wildman–Crippen LogP) is 6.11. The van der Waals surface area contributed by atoms with Crippen LogP contribution >= 0.6 is 23.1 Å². The third kappa shape index (κ3) is 4.05. The maximum atomic E-state index is 12.6. The van der Waals surface area contributed by atoms with Crippen LogP contribution in [0.15, 0.2) is 40.2 Å². The first-order valence-corrected chi connectivity index (χ1v) is 12.7. The second-order valence-electron chi connectivity index (χ2n) is 8.48. The van der Waals surface area contributed by atoms with Crippen molar-refractivity contribution >= 4 is 45.9 Å². The highest BCUT2D eigenvalue weighted by molar-refractivity contribution is 8.18. The first kappa shape index (κ1) is 21.7. The normalized spacial score (nSPS) is 17.9. The molecule has 3 heterocycles. The quantitative estimate of drug-likeness (QED) is 0.468. The van der Waals surface area contributed by atoms with Crippen molar-refractivity contribution in [1.82, 2.24) is 9.88 Å². The molecule has 166 valence electrons. The van der Waals surface area contributed by atoms with Crippen molar-refractivity contribution in [2.75, 3.05) is 0 Å². The smallest absolute Gasteiger partial charge is 0.264 e. The van der Waals surface area contributed by atoms with Gasteiger partial charge in [-0.1, -0.05) is 17.7 Å². The Kier molecular flexibility index (Phi) is 5.73. The van der Waals surface area contributed by atoms with Crippen molar-refractivity contribution in [1.29, 1.82) is 5.26 Å². The van der Waals surface area contributed by atoms with E-state index in [1.807, 2.05) is 37.3 Å². The Bertz CT molecular complexity index is 1370. The number of hydrogen-bond acceptors (Lipinski definition) is 5. The lowest BCUT2D eigenvalue weighted by atomic mass is 9.96. The molecule has 1 saturated heterocycles. The molecule has 5 rings (SSSR count). The number of carbonyl (C=O) groups excluding carboxylic acids is 1. The number of nitriles is 1. The SMILES string of the molecule is Cc1ccc(N=C2NC(=O)/C(=C/c3cc(C)n(-c4sc5c(c4C#N)CCCC5)c3C)S2)cc1. The predicted molar refractivity (Wildman–Crippen MR) is 136 cm³/mol. The maximum absolute atomic E-state index is 12.6. The molecule has 5 nitrogen and oxygen atoms in total. The van der Waals surface area contributed by atoms with E-state index in [2.05, 4.69) is 40.9 Å². The van der Waals surface area contributed by atoms with E-state index in [1.165, 1.54) is 34.2 Å². The Hall–Kier alpha value is -3.08. The Morgan fingerprint density at radius 2 is 1.91 bits per heavy atom. The molecule has 3 aromatic rings. The van der Waals surface area contributed by atoms with Crippen LogP contribution in [0.1, 0.15) is 51.4 Å². The number of thiophene rings is 1. The zero-order valence-corrected chi connectivity index (χ0v) is 20.5. The third-order valence-electron chi connectivity index (χ3n) is 6.14. The lowest BCUT2D eigenvalue weighted by molar-refractivity contribution is -0.115. The largest absolute Gasteiger partial charge is 0.308 e. The number of hydrogen-bond donors (Lipinski definition) is 1. The van der Waals surface area contributed by atoms with E-state index in [-0.39, 0.29) is 5.91 Å². The van der Waals surface area contributed by atoms with Gasteiger partial charge in [0, 0.05) is 16.3 Å². The Morgan fingerprint density at radius 3 is 2.67 bits per heavy atom. The van der Waals surface area contributed by atoms with Crippen LogP contribution in [0.3, 0.4) is 0 Å². The second kappa shape index (κ2) is 8.69. The minimum atomic E-state index is -0.139. The van der Waals surface area contributed by atoms with Gasteiger partial charge in [-0.05, 0) is 93.6 Å². The lowest BCUT2D eigenvalue weighted by Gasteiger charge is -2.10. The van der Waals surface area contributed by atoms with Crippen LogP contribution in [0.4, 0.5) is 5.69 Å². The van der Waals surface area contributed by atoms with E-state index in [1.54, 1.807) is 11.3 Å². The topological polar surface area (TPSA) is 70.2 Å². The molecule has 33 heavy (non-hydrogen) atoms. The number of aryl methyl sites for hydroxylation is 3. The van der Waals surface area contributed by atoms with Crippen molar-refractivity contribution in [2.45, 2.75) is 46.5 Å². The molecule has 0 spiro atoms. The van der Waals surface area contributed by atoms with E-state index >= 15 is 0 Å². The summed E-state index contributed by atoms with van der Waals surface area (Å²) in [5, 5.41) is 14.4. The van der Waals surface area contributed by atoms with Gasteiger partial charge in [0.1, 0.15) is 11.1 Å². The van der Waals surface area contributed by atoms with Gasteiger partial charge in [-0.25, -0.2) is 4.99 Å². The van der Waals surface area contributed by atoms with Crippen molar-refractivity contribution in [3.8, 4) is 11.1 Å². The molecule has 2 aliphatic rings. The molecule has 1 fully saturated rings.